The summed E-state index contributed by atoms with van der Waals surface area (Å²) in [6, 6.07) is 6.10. The van der Waals surface area contributed by atoms with Gasteiger partial charge in [0.1, 0.15) is 6.10 Å². The molecule has 1 aromatic rings. The molecule has 1 amide bonds. The second kappa shape index (κ2) is 6.33. The van der Waals surface area contributed by atoms with E-state index in [1.807, 2.05) is 30.1 Å². The monoisotopic (exact) mass is 331 g/mol. The molecule has 3 fully saturated rings. The quantitative estimate of drug-likeness (QED) is 0.783. The number of carbonyl (C=O) groups excluding carboxylic acids is 1. The highest BCUT2D eigenvalue weighted by Gasteiger charge is 2.51. The predicted molar refractivity (Wildman–Crippen MR) is 88.6 cm³/mol. The van der Waals surface area contributed by atoms with Crippen LogP contribution in [0.4, 0.5) is 0 Å². The Balaban J connectivity index is 1.41. The molecule has 1 aliphatic carbocycles. The lowest BCUT2D eigenvalue weighted by Gasteiger charge is -2.21. The van der Waals surface area contributed by atoms with E-state index in [0.29, 0.717) is 11.8 Å². The number of hydrogen-bond donors (Lipinski definition) is 0. The Morgan fingerprint density at radius 2 is 2.12 bits per heavy atom. The molecule has 3 heterocycles. The molecule has 1 saturated carbocycles. The number of carbonyl (C=O) groups is 1. The second-order valence-electron chi connectivity index (χ2n) is 7.24. The first-order valence-corrected chi connectivity index (χ1v) is 8.76. The van der Waals surface area contributed by atoms with E-state index in [9.17, 15) is 4.79 Å². The van der Waals surface area contributed by atoms with Gasteiger partial charge in [0.25, 0.3) is 5.91 Å². The fourth-order valence-corrected chi connectivity index (χ4v) is 3.89. The van der Waals surface area contributed by atoms with Crippen LogP contribution in [0.3, 0.4) is 0 Å². The van der Waals surface area contributed by atoms with Crippen LogP contribution >= 0.6 is 0 Å². The van der Waals surface area contributed by atoms with E-state index >= 15 is 0 Å². The lowest BCUT2D eigenvalue weighted by Crippen LogP contribution is -2.37. The number of amides is 1. The van der Waals surface area contributed by atoms with E-state index in [1.54, 1.807) is 7.11 Å². The van der Waals surface area contributed by atoms with Gasteiger partial charge in [-0.15, -0.1) is 0 Å². The zero-order chi connectivity index (χ0) is 16.7. The summed E-state index contributed by atoms with van der Waals surface area (Å²) in [5.74, 6) is 1.75. The minimum absolute atomic E-state index is 0.157. The van der Waals surface area contributed by atoms with Crippen molar-refractivity contribution in [2.75, 3.05) is 33.9 Å². The molecule has 3 aliphatic rings. The number of nitrogens with zero attached hydrogens (tertiary/aromatic N) is 3. The molecule has 4 rings (SSSR count). The minimum Gasteiger partial charge on any atom is -0.481 e. The van der Waals surface area contributed by atoms with Crippen LogP contribution < -0.4 is 4.74 Å². The highest BCUT2D eigenvalue weighted by molar-refractivity contribution is 5.84. The number of aromatic nitrogens is 1. The van der Waals surface area contributed by atoms with Crippen molar-refractivity contribution in [2.24, 2.45) is 11.8 Å². The summed E-state index contributed by atoms with van der Waals surface area (Å²) in [7, 11) is 3.54. The summed E-state index contributed by atoms with van der Waals surface area (Å²) in [6.45, 7) is 3.29. The number of likely N-dealkylation sites (tertiary alicyclic amines) is 2. The molecule has 3 atom stereocenters. The molecule has 0 bridgehead atoms. The van der Waals surface area contributed by atoms with Gasteiger partial charge >= 0.3 is 0 Å². The topological polar surface area (TPSA) is 54.9 Å². The molecule has 24 heavy (non-hydrogen) atoms. The van der Waals surface area contributed by atoms with Gasteiger partial charge in [0.2, 0.25) is 5.88 Å². The normalized spacial score (nSPS) is 30.0. The Labute approximate surface area is 142 Å². The van der Waals surface area contributed by atoms with E-state index in [0.717, 1.165) is 31.9 Å². The Morgan fingerprint density at radius 1 is 1.29 bits per heavy atom. The van der Waals surface area contributed by atoms with Crippen molar-refractivity contribution >= 4 is 5.91 Å². The maximum absolute atomic E-state index is 12.5. The van der Waals surface area contributed by atoms with E-state index in [4.69, 9.17) is 9.47 Å². The van der Waals surface area contributed by atoms with E-state index in [1.165, 1.54) is 12.8 Å². The lowest BCUT2D eigenvalue weighted by atomic mass is 10.0. The molecule has 0 aromatic carbocycles. The van der Waals surface area contributed by atoms with Crippen LogP contribution in [0.15, 0.2) is 18.2 Å². The molecule has 0 radical (unpaired) electrons. The highest BCUT2D eigenvalue weighted by atomic mass is 16.5. The zero-order valence-corrected chi connectivity index (χ0v) is 14.4. The lowest BCUT2D eigenvalue weighted by molar-refractivity contribution is -0.138. The van der Waals surface area contributed by atoms with E-state index in [2.05, 4.69) is 9.88 Å². The third kappa shape index (κ3) is 3.00. The van der Waals surface area contributed by atoms with Gasteiger partial charge in [0.05, 0.1) is 25.5 Å². The first-order valence-electron chi connectivity index (χ1n) is 8.76. The largest absolute Gasteiger partial charge is 0.481 e. The maximum atomic E-state index is 12.5. The summed E-state index contributed by atoms with van der Waals surface area (Å²) in [5.41, 5.74) is 0.999. The average molecular weight is 331 g/mol. The van der Waals surface area contributed by atoms with Gasteiger partial charge in [-0.3, -0.25) is 9.69 Å². The van der Waals surface area contributed by atoms with E-state index in [-0.39, 0.29) is 24.0 Å². The fraction of sp³-hybridized carbons (Fsp3) is 0.667. The summed E-state index contributed by atoms with van der Waals surface area (Å²) in [6.07, 6.45) is 2.24. The van der Waals surface area contributed by atoms with Crippen LogP contribution in [0.1, 0.15) is 18.5 Å². The van der Waals surface area contributed by atoms with Gasteiger partial charge in [-0.2, -0.15) is 0 Å². The Morgan fingerprint density at radius 3 is 2.88 bits per heavy atom. The molecule has 6 nitrogen and oxygen atoms in total. The van der Waals surface area contributed by atoms with Crippen LogP contribution in [0.5, 0.6) is 5.88 Å². The van der Waals surface area contributed by atoms with Crippen LogP contribution in [0, 0.1) is 11.8 Å². The molecule has 2 aliphatic heterocycles. The van der Waals surface area contributed by atoms with Gasteiger partial charge < -0.3 is 14.4 Å². The second-order valence-corrected chi connectivity index (χ2v) is 7.24. The van der Waals surface area contributed by atoms with Gasteiger partial charge in [-0.25, -0.2) is 4.98 Å². The first kappa shape index (κ1) is 15.8. The van der Waals surface area contributed by atoms with Crippen molar-refractivity contribution in [3.63, 3.8) is 0 Å². The van der Waals surface area contributed by atoms with Crippen molar-refractivity contribution in [3.05, 3.63) is 23.9 Å². The molecular formula is C18H25N3O3. The molecule has 0 N–H and O–H groups in total. The molecule has 130 valence electrons. The number of pyridine rings is 1. The summed E-state index contributed by atoms with van der Waals surface area (Å²) >= 11 is 0. The van der Waals surface area contributed by atoms with Crippen molar-refractivity contribution in [3.8, 4) is 5.88 Å². The fourth-order valence-electron chi connectivity index (χ4n) is 3.89. The number of methoxy groups -OCH3 is 1. The number of rotatable bonds is 6. The average Bonchev–Trinajstić information content (AvgIpc) is 3.29. The minimum atomic E-state index is -0.260. The summed E-state index contributed by atoms with van der Waals surface area (Å²) in [5, 5.41) is 0. The molecule has 1 aromatic heterocycles. The number of ether oxygens (including phenoxy) is 2. The first-order chi connectivity index (χ1) is 11.7. The van der Waals surface area contributed by atoms with Gasteiger partial charge in [-0.1, -0.05) is 6.07 Å². The third-order valence-corrected chi connectivity index (χ3v) is 5.47. The molecule has 0 unspecified atom stereocenters. The smallest absolute Gasteiger partial charge is 0.252 e. The third-order valence-electron chi connectivity index (χ3n) is 5.47. The number of likely N-dealkylation sites (N-methyl/N-ethyl adjacent to an activating group) is 1. The number of hydrogen-bond acceptors (Lipinski definition) is 5. The maximum Gasteiger partial charge on any atom is 0.252 e. The van der Waals surface area contributed by atoms with Crippen molar-refractivity contribution in [1.82, 2.24) is 14.8 Å². The van der Waals surface area contributed by atoms with Crippen LogP contribution in [-0.2, 0) is 16.1 Å². The van der Waals surface area contributed by atoms with Crippen LogP contribution in [0.2, 0.25) is 0 Å². The van der Waals surface area contributed by atoms with Gasteiger partial charge in [-0.05, 0) is 24.8 Å². The molecule has 0 spiro atoms. The number of fused-ring (bicyclic) bond motifs is 1. The van der Waals surface area contributed by atoms with Crippen molar-refractivity contribution < 1.29 is 14.3 Å². The van der Waals surface area contributed by atoms with Crippen molar-refractivity contribution in [2.45, 2.75) is 31.5 Å². The molecular weight excluding hydrogens is 306 g/mol. The summed E-state index contributed by atoms with van der Waals surface area (Å²) in [4.78, 5) is 21.2. The zero-order valence-electron chi connectivity index (χ0n) is 14.4. The molecule has 2 saturated heterocycles. The van der Waals surface area contributed by atoms with Gasteiger partial charge in [0.15, 0.2) is 0 Å². The Bertz CT molecular complexity index is 619. The molecule has 6 heteroatoms. The van der Waals surface area contributed by atoms with Crippen molar-refractivity contribution in [1.29, 1.82) is 0 Å². The van der Waals surface area contributed by atoms with Crippen LogP contribution in [-0.4, -0.2) is 66.7 Å². The van der Waals surface area contributed by atoms with Crippen LogP contribution in [0.25, 0.3) is 0 Å². The SMILES string of the molecule is COc1cccc(CN2C[C@@H]3[C@H](OCC4CC4)C(=O)N(C)[C@@H]3C2)n1. The summed E-state index contributed by atoms with van der Waals surface area (Å²) < 4.78 is 11.2. The Hall–Kier alpha value is -1.66. The van der Waals surface area contributed by atoms with Gasteiger partial charge in [0, 0.05) is 38.7 Å². The predicted octanol–water partition coefficient (Wildman–Crippen LogP) is 1.16. The van der Waals surface area contributed by atoms with E-state index < -0.39 is 0 Å². The highest BCUT2D eigenvalue weighted by Crippen LogP contribution is 2.36. The standard InChI is InChI=1S/C18H25N3O3/c1-20-15-10-21(8-13-4-3-5-16(19-13)23-2)9-14(15)17(18(20)22)24-11-12-6-7-12/h3-5,12,14-15,17H,6-11H2,1-2H3/t14-,15+,17-/m0/s1. The Kier molecular flexibility index (Phi) is 4.18.